The summed E-state index contributed by atoms with van der Waals surface area (Å²) < 4.78 is 68.0. The molecule has 0 saturated heterocycles. The molecule has 0 aromatic rings. The van der Waals surface area contributed by atoms with E-state index in [4.69, 9.17) is 37.0 Å². The molecule has 0 amide bonds. The fourth-order valence-corrected chi connectivity index (χ4v) is 11.3. The Morgan fingerprint density at radius 3 is 0.810 bits per heavy atom. The van der Waals surface area contributed by atoms with Crippen molar-refractivity contribution < 1.29 is 80.2 Å². The van der Waals surface area contributed by atoms with Gasteiger partial charge in [0, 0.05) is 25.7 Å². The van der Waals surface area contributed by atoms with Gasteiger partial charge in [-0.25, -0.2) is 9.13 Å². The van der Waals surface area contributed by atoms with Crippen LogP contribution in [0.1, 0.15) is 324 Å². The van der Waals surface area contributed by atoms with E-state index in [0.717, 1.165) is 102 Å². The predicted molar refractivity (Wildman–Crippen MR) is 335 cm³/mol. The summed E-state index contributed by atoms with van der Waals surface area (Å²) in [5.74, 6) is -0.701. The maximum atomic E-state index is 13.0. The number of esters is 4. The van der Waals surface area contributed by atoms with Gasteiger partial charge in [-0.2, -0.15) is 0 Å². The van der Waals surface area contributed by atoms with E-state index in [1.54, 1.807) is 0 Å². The van der Waals surface area contributed by atoms with E-state index >= 15 is 0 Å². The third-order valence-corrected chi connectivity index (χ3v) is 16.9. The number of rotatable bonds is 64. The lowest BCUT2D eigenvalue weighted by Crippen LogP contribution is -2.30. The molecule has 0 aromatic carbocycles. The van der Waals surface area contributed by atoms with E-state index in [9.17, 15) is 43.2 Å². The van der Waals surface area contributed by atoms with Crippen molar-refractivity contribution in [1.29, 1.82) is 0 Å². The van der Waals surface area contributed by atoms with Gasteiger partial charge in [0.05, 0.1) is 26.4 Å². The van der Waals surface area contributed by atoms with Crippen LogP contribution in [0.4, 0.5) is 0 Å². The Labute approximate surface area is 511 Å². The summed E-state index contributed by atoms with van der Waals surface area (Å²) in [7, 11) is -9.89. The molecule has 0 heterocycles. The summed E-state index contributed by atoms with van der Waals surface area (Å²) >= 11 is 0. The highest BCUT2D eigenvalue weighted by Gasteiger charge is 2.30. The molecule has 0 bridgehead atoms. The van der Waals surface area contributed by atoms with Crippen molar-refractivity contribution in [3.05, 3.63) is 0 Å². The highest BCUT2D eigenvalue weighted by Crippen LogP contribution is 2.45. The van der Waals surface area contributed by atoms with Gasteiger partial charge in [0.2, 0.25) is 0 Å². The fraction of sp³-hybridized carbons (Fsp3) is 0.938. The Morgan fingerprint density at radius 2 is 0.548 bits per heavy atom. The van der Waals surface area contributed by atoms with Gasteiger partial charge >= 0.3 is 39.5 Å². The van der Waals surface area contributed by atoms with Gasteiger partial charge in [0.15, 0.2) is 12.2 Å². The molecule has 0 aliphatic rings. The molecular weight excluding hydrogens is 1110 g/mol. The number of aliphatic hydroxyl groups is 1. The zero-order chi connectivity index (χ0) is 62.2. The SMILES string of the molecule is CCCCCCCCCCCCCCC(=O)OC[C@H](COP(=O)(O)OC[C@@H](O)COP(=O)(O)OC[C@@H](COC(=O)CCCCCCCCC(C)C)OC(=O)CCCCCCCCCCCC)OC(=O)CCCCCCCCCCCCC(C)C. The molecule has 2 unspecified atom stereocenters. The predicted octanol–water partition coefficient (Wildman–Crippen LogP) is 18.0. The molecule has 0 aliphatic carbocycles. The summed E-state index contributed by atoms with van der Waals surface area (Å²) in [6.45, 7) is 9.40. The standard InChI is InChI=1S/C65H126O17P2/c1-7-9-11-13-15-17-19-20-25-28-35-41-47-62(67)75-53-60(81-65(70)50-44-38-30-26-22-21-23-27-33-39-45-57(3)4)55-79-83(71,72)77-51-59(66)52-78-84(73,74)80-56-61(54-76-63(68)48-42-36-32-31-34-40-46-58(5)6)82-64(69)49-43-37-29-24-18-16-14-12-10-8-2/h57-61,66H,7-56H2,1-6H3,(H,71,72)(H,73,74)/t59-,60-,61-/m1/s1. The molecule has 0 aromatic heterocycles. The lowest BCUT2D eigenvalue weighted by Gasteiger charge is -2.21. The number of phosphoric acid groups is 2. The summed E-state index contributed by atoms with van der Waals surface area (Å²) in [6.07, 6.45) is 40.4. The molecule has 0 fully saturated rings. The fourth-order valence-electron chi connectivity index (χ4n) is 9.71. The van der Waals surface area contributed by atoms with Crippen molar-refractivity contribution in [2.45, 2.75) is 342 Å². The maximum Gasteiger partial charge on any atom is 0.472 e. The number of hydrogen-bond acceptors (Lipinski definition) is 15. The zero-order valence-corrected chi connectivity index (χ0v) is 56.0. The lowest BCUT2D eigenvalue weighted by atomic mass is 10.0. The van der Waals surface area contributed by atoms with Crippen LogP contribution in [0.5, 0.6) is 0 Å². The molecule has 0 saturated carbocycles. The molecular formula is C65H126O17P2. The van der Waals surface area contributed by atoms with Crippen molar-refractivity contribution >= 4 is 39.5 Å². The second-order valence-corrected chi connectivity index (χ2v) is 27.4. The molecule has 0 rings (SSSR count). The summed E-state index contributed by atoms with van der Waals surface area (Å²) in [4.78, 5) is 72.2. The molecule has 0 radical (unpaired) electrons. The molecule has 498 valence electrons. The number of hydrogen-bond donors (Lipinski definition) is 3. The minimum atomic E-state index is -4.95. The summed E-state index contributed by atoms with van der Waals surface area (Å²) in [6, 6.07) is 0. The number of aliphatic hydroxyl groups excluding tert-OH is 1. The van der Waals surface area contributed by atoms with Crippen molar-refractivity contribution in [2.75, 3.05) is 39.6 Å². The topological polar surface area (TPSA) is 237 Å². The largest absolute Gasteiger partial charge is 0.472 e. The smallest absolute Gasteiger partial charge is 0.462 e. The average Bonchev–Trinajstić information content (AvgIpc) is 3.49. The van der Waals surface area contributed by atoms with E-state index in [-0.39, 0.29) is 25.7 Å². The Bertz CT molecular complexity index is 1650. The van der Waals surface area contributed by atoms with Gasteiger partial charge in [0.1, 0.15) is 19.3 Å². The van der Waals surface area contributed by atoms with Crippen molar-refractivity contribution in [1.82, 2.24) is 0 Å². The Morgan fingerprint density at radius 1 is 0.321 bits per heavy atom. The lowest BCUT2D eigenvalue weighted by molar-refractivity contribution is -0.161. The highest BCUT2D eigenvalue weighted by atomic mass is 31.2. The van der Waals surface area contributed by atoms with Gasteiger partial charge in [-0.3, -0.25) is 37.3 Å². The first-order valence-electron chi connectivity index (χ1n) is 34.0. The third kappa shape index (κ3) is 59.0. The number of unbranched alkanes of at least 4 members (excludes halogenated alkanes) is 34. The average molecular weight is 1240 g/mol. The van der Waals surface area contributed by atoms with Gasteiger partial charge in [-0.05, 0) is 37.5 Å². The second-order valence-electron chi connectivity index (χ2n) is 24.5. The van der Waals surface area contributed by atoms with E-state index < -0.39 is 97.5 Å². The molecule has 0 spiro atoms. The Hall–Kier alpha value is -1.94. The number of carbonyl (C=O) groups is 4. The Balaban J connectivity index is 5.24. The van der Waals surface area contributed by atoms with Gasteiger partial charge in [0.25, 0.3) is 0 Å². The second kappa shape index (κ2) is 57.5. The first-order valence-corrected chi connectivity index (χ1v) is 37.0. The van der Waals surface area contributed by atoms with Crippen LogP contribution in [0.15, 0.2) is 0 Å². The van der Waals surface area contributed by atoms with Crippen molar-refractivity contribution in [2.24, 2.45) is 11.8 Å². The van der Waals surface area contributed by atoms with E-state index in [1.807, 2.05) is 0 Å². The molecule has 17 nitrogen and oxygen atoms in total. The van der Waals surface area contributed by atoms with Crippen LogP contribution in [0.3, 0.4) is 0 Å². The highest BCUT2D eigenvalue weighted by molar-refractivity contribution is 7.47. The monoisotopic (exact) mass is 1240 g/mol. The van der Waals surface area contributed by atoms with Crippen LogP contribution >= 0.6 is 15.6 Å². The third-order valence-electron chi connectivity index (χ3n) is 15.0. The molecule has 0 aliphatic heterocycles. The molecule has 19 heteroatoms. The van der Waals surface area contributed by atoms with Crippen LogP contribution in [-0.2, 0) is 65.4 Å². The first-order chi connectivity index (χ1) is 40.4. The van der Waals surface area contributed by atoms with Gasteiger partial charge in [-0.1, -0.05) is 273 Å². The van der Waals surface area contributed by atoms with Gasteiger partial charge in [-0.15, -0.1) is 0 Å². The van der Waals surface area contributed by atoms with E-state index in [1.165, 1.54) is 135 Å². The quantitative estimate of drug-likeness (QED) is 0.0222. The summed E-state index contributed by atoms with van der Waals surface area (Å²) in [5.41, 5.74) is 0. The first kappa shape index (κ1) is 82.1. The minimum Gasteiger partial charge on any atom is -0.462 e. The maximum absolute atomic E-state index is 13.0. The van der Waals surface area contributed by atoms with Crippen LogP contribution < -0.4 is 0 Å². The van der Waals surface area contributed by atoms with Crippen molar-refractivity contribution in [3.63, 3.8) is 0 Å². The van der Waals surface area contributed by atoms with E-state index in [2.05, 4.69) is 41.5 Å². The normalized spacial score (nSPS) is 14.3. The molecule has 5 atom stereocenters. The minimum absolute atomic E-state index is 0.105. The zero-order valence-electron chi connectivity index (χ0n) is 54.2. The number of phosphoric ester groups is 2. The van der Waals surface area contributed by atoms with Crippen LogP contribution in [0.25, 0.3) is 0 Å². The number of carbonyl (C=O) groups excluding carboxylic acids is 4. The van der Waals surface area contributed by atoms with Crippen molar-refractivity contribution in [3.8, 4) is 0 Å². The van der Waals surface area contributed by atoms with Crippen LogP contribution in [0.2, 0.25) is 0 Å². The molecule has 3 N–H and O–H groups in total. The number of ether oxygens (including phenoxy) is 4. The summed E-state index contributed by atoms with van der Waals surface area (Å²) in [5, 5.41) is 10.5. The Kier molecular flexibility index (Phi) is 56.2. The van der Waals surface area contributed by atoms with Gasteiger partial charge < -0.3 is 33.8 Å². The van der Waals surface area contributed by atoms with E-state index in [0.29, 0.717) is 31.6 Å². The van der Waals surface area contributed by atoms with Crippen LogP contribution in [0, 0.1) is 11.8 Å². The molecule has 84 heavy (non-hydrogen) atoms. The van der Waals surface area contributed by atoms with Crippen LogP contribution in [-0.4, -0.2) is 96.7 Å².